The van der Waals surface area contributed by atoms with Crippen LogP contribution in [0.25, 0.3) is 5.65 Å². The number of Topliss-reactive ketones (excluding diaryl/α,β-unsaturated/α-hetero) is 1. The molecule has 1 fully saturated rings. The van der Waals surface area contributed by atoms with Crippen molar-refractivity contribution >= 4 is 30.6 Å². The molecule has 1 atom stereocenters. The first kappa shape index (κ1) is 23.7. The van der Waals surface area contributed by atoms with Gasteiger partial charge in [-0.15, -0.1) is 0 Å². The first-order chi connectivity index (χ1) is 17.6. The molecule has 178 valence electrons. The van der Waals surface area contributed by atoms with Gasteiger partial charge in [-0.2, -0.15) is 14.9 Å². The number of anilines is 1. The molecule has 1 aliphatic heterocycles. The van der Waals surface area contributed by atoms with E-state index in [1.54, 1.807) is 41.2 Å². The number of fused-ring (bicyclic) bond motifs is 1. The van der Waals surface area contributed by atoms with Gasteiger partial charge in [0.1, 0.15) is 13.7 Å². The van der Waals surface area contributed by atoms with Crippen molar-refractivity contribution in [1.29, 1.82) is 5.26 Å². The minimum Gasteiger partial charge on any atom is -0.370 e. The fourth-order valence-electron chi connectivity index (χ4n) is 4.71. The van der Waals surface area contributed by atoms with E-state index < -0.39 is 0 Å². The smallest absolute Gasteiger partial charge is 0.176 e. The maximum atomic E-state index is 12.9. The van der Waals surface area contributed by atoms with Gasteiger partial charge in [-0.05, 0) is 55.0 Å². The van der Waals surface area contributed by atoms with Gasteiger partial charge in [0, 0.05) is 49.2 Å². The Labute approximate surface area is 211 Å². The Bertz CT molecular complexity index is 1410. The molecule has 8 nitrogen and oxygen atoms in total. The molecule has 0 aliphatic carbocycles. The third-order valence-corrected chi connectivity index (χ3v) is 6.57. The summed E-state index contributed by atoms with van der Waals surface area (Å²) in [5.74, 6) is 1.04. The van der Waals surface area contributed by atoms with E-state index >= 15 is 0 Å². The highest BCUT2D eigenvalue weighted by Crippen LogP contribution is 2.28. The molecular weight excluding hydrogens is 449 g/mol. The van der Waals surface area contributed by atoms with Gasteiger partial charge in [0.15, 0.2) is 11.4 Å². The van der Waals surface area contributed by atoms with E-state index in [0.29, 0.717) is 28.8 Å². The van der Waals surface area contributed by atoms with Crippen molar-refractivity contribution in [2.45, 2.75) is 25.2 Å². The summed E-state index contributed by atoms with van der Waals surface area (Å²) in [6, 6.07) is 15.0. The Kier molecular flexibility index (Phi) is 7.05. The highest BCUT2D eigenvalue weighted by molar-refractivity contribution is 6.36. The summed E-state index contributed by atoms with van der Waals surface area (Å²) in [5, 5.41) is 17.0. The van der Waals surface area contributed by atoms with Crippen LogP contribution in [0.4, 0.5) is 5.82 Å². The van der Waals surface area contributed by atoms with E-state index in [0.717, 1.165) is 56.0 Å². The molecule has 0 bridgehead atoms. The maximum absolute atomic E-state index is 12.9. The van der Waals surface area contributed by atoms with E-state index in [4.69, 9.17) is 18.1 Å². The second kappa shape index (κ2) is 10.7. The first-order valence-electron chi connectivity index (χ1n) is 12.1. The second-order valence-electron chi connectivity index (χ2n) is 9.13. The summed E-state index contributed by atoms with van der Waals surface area (Å²) >= 11 is 0. The minimum atomic E-state index is 0.0222. The zero-order valence-electron chi connectivity index (χ0n) is 20.0. The van der Waals surface area contributed by atoms with Crippen LogP contribution in [0, 0.1) is 11.3 Å². The van der Waals surface area contributed by atoms with Gasteiger partial charge in [-0.1, -0.05) is 18.2 Å². The molecule has 1 N–H and O–H groups in total. The summed E-state index contributed by atoms with van der Waals surface area (Å²) in [7, 11) is 6.18. The number of carbonyl (C=O) groups excluding carboxylic acids is 1. The Morgan fingerprint density at radius 3 is 2.97 bits per heavy atom. The van der Waals surface area contributed by atoms with Crippen molar-refractivity contribution < 1.29 is 4.79 Å². The van der Waals surface area contributed by atoms with Gasteiger partial charge in [-0.3, -0.25) is 14.7 Å². The van der Waals surface area contributed by atoms with Gasteiger partial charge in [0.05, 0.1) is 23.9 Å². The highest BCUT2D eigenvalue weighted by atomic mass is 16.1. The van der Waals surface area contributed by atoms with Crippen LogP contribution in [0.3, 0.4) is 0 Å². The fraction of sp³-hybridized carbons (Fsp3) is 0.296. The number of aromatic nitrogens is 4. The van der Waals surface area contributed by atoms with Gasteiger partial charge >= 0.3 is 0 Å². The topological polar surface area (TPSA) is 99.2 Å². The van der Waals surface area contributed by atoms with E-state index in [1.165, 1.54) is 0 Å². The zero-order chi connectivity index (χ0) is 24.9. The van der Waals surface area contributed by atoms with Crippen molar-refractivity contribution in [2.24, 2.45) is 0 Å². The number of rotatable bonds is 8. The molecule has 1 aromatic carbocycles. The van der Waals surface area contributed by atoms with Gasteiger partial charge in [0.2, 0.25) is 0 Å². The molecule has 0 spiro atoms. The van der Waals surface area contributed by atoms with E-state index in [-0.39, 0.29) is 11.7 Å². The van der Waals surface area contributed by atoms with Crippen molar-refractivity contribution in [3.8, 4) is 6.07 Å². The van der Waals surface area contributed by atoms with Crippen LogP contribution >= 0.6 is 0 Å². The molecule has 1 aliphatic rings. The van der Waals surface area contributed by atoms with Crippen molar-refractivity contribution in [1.82, 2.24) is 24.5 Å². The van der Waals surface area contributed by atoms with E-state index in [2.05, 4.69) is 38.5 Å². The van der Waals surface area contributed by atoms with Crippen LogP contribution in [0.2, 0.25) is 0 Å². The van der Waals surface area contributed by atoms with Crippen molar-refractivity contribution in [2.75, 3.05) is 31.5 Å². The number of ketones is 1. The van der Waals surface area contributed by atoms with Crippen molar-refractivity contribution in [3.63, 3.8) is 0 Å². The first-order valence-corrected chi connectivity index (χ1v) is 12.1. The number of hydrogen-bond donors (Lipinski definition) is 1. The summed E-state index contributed by atoms with van der Waals surface area (Å²) in [5.41, 5.74) is 4.34. The van der Waals surface area contributed by atoms with Crippen LogP contribution in [0.5, 0.6) is 0 Å². The Hall–Kier alpha value is -4.03. The van der Waals surface area contributed by atoms with Gasteiger partial charge in [0.25, 0.3) is 0 Å². The van der Waals surface area contributed by atoms with E-state index in [1.807, 2.05) is 12.3 Å². The third kappa shape index (κ3) is 5.29. The molecule has 36 heavy (non-hydrogen) atoms. The lowest BCUT2D eigenvalue weighted by Crippen LogP contribution is -2.38. The SMILES string of the molecule is [B]c1cnn2c(NCCc3cccnc3)cc(C3CCCN(CC(=O)c4cccc(C#N)c4)C3)nc12. The summed E-state index contributed by atoms with van der Waals surface area (Å²) in [4.78, 5) is 24.1. The lowest BCUT2D eigenvalue weighted by molar-refractivity contribution is 0.0906. The monoisotopic (exact) mass is 475 g/mol. The number of piperidine rings is 1. The number of pyridine rings is 1. The fourth-order valence-corrected chi connectivity index (χ4v) is 4.71. The second-order valence-corrected chi connectivity index (χ2v) is 9.13. The summed E-state index contributed by atoms with van der Waals surface area (Å²) in [6.07, 6.45) is 8.06. The average Bonchev–Trinajstić information content (AvgIpc) is 3.30. The average molecular weight is 475 g/mol. The van der Waals surface area contributed by atoms with Gasteiger partial charge < -0.3 is 5.32 Å². The summed E-state index contributed by atoms with van der Waals surface area (Å²) in [6.45, 7) is 2.62. The minimum absolute atomic E-state index is 0.0222. The number of nitrogens with one attached hydrogen (secondary N) is 1. The Morgan fingerprint density at radius 1 is 1.22 bits per heavy atom. The Balaban J connectivity index is 1.31. The number of carbonyl (C=O) groups is 1. The normalized spacial score (nSPS) is 16.0. The van der Waals surface area contributed by atoms with Crippen LogP contribution in [0.15, 0.2) is 61.1 Å². The lowest BCUT2D eigenvalue weighted by atomic mass is 9.93. The number of likely N-dealkylation sites (tertiary alicyclic amines) is 1. The number of hydrogen-bond acceptors (Lipinski definition) is 7. The summed E-state index contributed by atoms with van der Waals surface area (Å²) < 4.78 is 1.74. The molecule has 2 radical (unpaired) electrons. The standard InChI is InChI=1S/C27H26BN7O/c28-23-16-32-35-26(31-10-8-19-5-2-9-30-15-19)13-24(33-27(23)35)22-7-3-11-34(17-22)18-25(36)21-6-1-4-20(12-21)14-29/h1-2,4-6,9,12-13,15-16,22,31H,3,7-8,10-11,17-18H2. The molecule has 9 heteroatoms. The molecule has 4 aromatic rings. The van der Waals surface area contributed by atoms with Crippen LogP contribution in [-0.4, -0.2) is 64.3 Å². The van der Waals surface area contributed by atoms with Crippen LogP contribution in [0.1, 0.15) is 45.9 Å². The van der Waals surface area contributed by atoms with Crippen LogP contribution in [-0.2, 0) is 6.42 Å². The maximum Gasteiger partial charge on any atom is 0.176 e. The molecule has 0 amide bonds. The molecule has 5 rings (SSSR count). The largest absolute Gasteiger partial charge is 0.370 e. The van der Waals surface area contributed by atoms with Crippen molar-refractivity contribution in [3.05, 3.63) is 83.4 Å². The highest BCUT2D eigenvalue weighted by Gasteiger charge is 2.25. The zero-order valence-corrected chi connectivity index (χ0v) is 20.0. The molecule has 4 heterocycles. The quantitative estimate of drug-likeness (QED) is 0.309. The molecule has 1 unspecified atom stereocenters. The molecule has 3 aromatic heterocycles. The lowest BCUT2D eigenvalue weighted by Gasteiger charge is -2.32. The number of benzene rings is 1. The molecule has 0 saturated carbocycles. The van der Waals surface area contributed by atoms with Gasteiger partial charge in [-0.25, -0.2) is 4.98 Å². The van der Waals surface area contributed by atoms with E-state index in [9.17, 15) is 4.79 Å². The molecule has 1 saturated heterocycles. The molecular formula is C27H26BN7O. The Morgan fingerprint density at radius 2 is 2.14 bits per heavy atom. The third-order valence-electron chi connectivity index (χ3n) is 6.57. The predicted octanol–water partition coefficient (Wildman–Crippen LogP) is 2.51. The number of nitrogens with zero attached hydrogens (tertiary/aromatic N) is 6. The predicted molar refractivity (Wildman–Crippen MR) is 139 cm³/mol. The van der Waals surface area contributed by atoms with Crippen LogP contribution < -0.4 is 10.8 Å². The number of nitriles is 1.